The summed E-state index contributed by atoms with van der Waals surface area (Å²) < 4.78 is 5.67. The van der Waals surface area contributed by atoms with E-state index in [1.54, 1.807) is 0 Å². The Kier molecular flexibility index (Phi) is 3.90. The van der Waals surface area contributed by atoms with Crippen molar-refractivity contribution in [2.75, 3.05) is 0 Å². The number of hydrogen-bond donors (Lipinski definition) is 1. The summed E-state index contributed by atoms with van der Waals surface area (Å²) in [6.07, 6.45) is 0. The second-order valence-corrected chi connectivity index (χ2v) is 13.6. The van der Waals surface area contributed by atoms with Gasteiger partial charge < -0.3 is 4.53 Å². The summed E-state index contributed by atoms with van der Waals surface area (Å²) in [5.41, 5.74) is 0. The first kappa shape index (κ1) is 15.1. The van der Waals surface area contributed by atoms with Crippen molar-refractivity contribution in [3.05, 3.63) is 0 Å². The quantitative estimate of drug-likeness (QED) is 0.541. The van der Waals surface area contributed by atoms with Gasteiger partial charge >= 0.3 is 0 Å². The molecule has 0 amide bonds. The molecule has 0 atom stereocenters. The third kappa shape index (κ3) is 2.29. The van der Waals surface area contributed by atoms with Gasteiger partial charge in [-0.15, -0.1) is 0 Å². The van der Waals surface area contributed by atoms with Crippen molar-refractivity contribution >= 4 is 8.32 Å². The molecule has 0 saturated heterocycles. The first-order valence-electron chi connectivity index (χ1n) is 5.69. The van der Waals surface area contributed by atoms with Crippen molar-refractivity contribution in [1.82, 2.24) is 0 Å². The minimum absolute atomic E-state index is 0.123. The van der Waals surface area contributed by atoms with Gasteiger partial charge in [0.1, 0.15) is 0 Å². The Balaban J connectivity index is 5.78. The van der Waals surface area contributed by atoms with E-state index in [1.807, 2.05) is 0 Å². The Hall–Kier alpha value is 0.137. The molecule has 0 rings (SSSR count). The van der Waals surface area contributed by atoms with Crippen LogP contribution >= 0.6 is 0 Å². The van der Waals surface area contributed by atoms with Gasteiger partial charge in [-0.3, -0.25) is 0 Å². The van der Waals surface area contributed by atoms with Crippen LogP contribution in [0.5, 0.6) is 0 Å². The maximum Gasteiger partial charge on any atom is 0.236 e. The minimum Gasteiger partial charge on any atom is -0.346 e. The molecule has 92 valence electrons. The van der Waals surface area contributed by atoms with Crippen LogP contribution in [-0.4, -0.2) is 8.32 Å². The molecular weight excluding hydrogens is 202 g/mol. The predicted molar refractivity (Wildman–Crippen MR) is 70.2 cm³/mol. The normalized spacial score (nSPS) is 15.6. The smallest absolute Gasteiger partial charge is 0.236 e. The highest BCUT2D eigenvalue weighted by Crippen LogP contribution is 2.61. The lowest BCUT2D eigenvalue weighted by Crippen LogP contribution is -2.62. The van der Waals surface area contributed by atoms with Gasteiger partial charge in [0.05, 0.1) is 0 Å². The van der Waals surface area contributed by atoms with Crippen LogP contribution < -0.4 is 5.90 Å². The molecule has 15 heavy (non-hydrogen) atoms. The fourth-order valence-electron chi connectivity index (χ4n) is 3.91. The van der Waals surface area contributed by atoms with Gasteiger partial charge in [-0.1, -0.05) is 62.3 Å². The van der Waals surface area contributed by atoms with Gasteiger partial charge in [0.2, 0.25) is 8.32 Å². The lowest BCUT2D eigenvalue weighted by Gasteiger charge is -2.56. The summed E-state index contributed by atoms with van der Waals surface area (Å²) in [6, 6.07) is 0. The Bertz CT molecular complexity index is 181. The van der Waals surface area contributed by atoms with Crippen LogP contribution in [0.2, 0.25) is 15.1 Å². The van der Waals surface area contributed by atoms with Crippen molar-refractivity contribution < 1.29 is 4.53 Å². The van der Waals surface area contributed by atoms with E-state index >= 15 is 0 Å². The van der Waals surface area contributed by atoms with Crippen LogP contribution in [0.15, 0.2) is 0 Å². The van der Waals surface area contributed by atoms with E-state index in [4.69, 9.17) is 10.4 Å². The molecule has 0 aromatic carbocycles. The summed E-state index contributed by atoms with van der Waals surface area (Å²) in [7, 11) is -2.10. The molecule has 0 heterocycles. The highest BCUT2D eigenvalue weighted by atomic mass is 28.4. The molecule has 0 aromatic rings. The number of nitrogens with two attached hydrogens (primary N) is 1. The number of rotatable bonds is 1. The van der Waals surface area contributed by atoms with Gasteiger partial charge in [0, 0.05) is 0 Å². The molecular formula is C12H29NOSi. The van der Waals surface area contributed by atoms with E-state index in [2.05, 4.69) is 62.3 Å². The van der Waals surface area contributed by atoms with Crippen LogP contribution in [0.1, 0.15) is 62.3 Å². The van der Waals surface area contributed by atoms with E-state index in [-0.39, 0.29) is 15.1 Å². The third-order valence-electron chi connectivity index (χ3n) is 3.35. The third-order valence-corrected chi connectivity index (χ3v) is 10.0. The molecule has 0 aromatic heterocycles. The Morgan fingerprint density at radius 2 is 0.867 bits per heavy atom. The van der Waals surface area contributed by atoms with Crippen LogP contribution in [0, 0.1) is 0 Å². The molecule has 0 aliphatic carbocycles. The first-order valence-corrected chi connectivity index (χ1v) is 7.60. The fourth-order valence-corrected chi connectivity index (χ4v) is 11.7. The zero-order chi connectivity index (χ0) is 12.7. The lowest BCUT2D eigenvalue weighted by molar-refractivity contribution is 0.241. The topological polar surface area (TPSA) is 35.2 Å². The average Bonchev–Trinajstić information content (AvgIpc) is 1.76. The van der Waals surface area contributed by atoms with Crippen molar-refractivity contribution in [2.24, 2.45) is 5.90 Å². The summed E-state index contributed by atoms with van der Waals surface area (Å²) in [5, 5.41) is 0.370. The summed E-state index contributed by atoms with van der Waals surface area (Å²) >= 11 is 0. The van der Waals surface area contributed by atoms with Gasteiger partial charge in [-0.05, 0) is 15.1 Å². The molecule has 0 bridgehead atoms. The minimum atomic E-state index is -2.10. The second kappa shape index (κ2) is 3.86. The number of hydrogen-bond acceptors (Lipinski definition) is 2. The zero-order valence-electron chi connectivity index (χ0n) is 12.0. The second-order valence-electron chi connectivity index (χ2n) is 7.55. The molecule has 0 saturated carbocycles. The Labute approximate surface area is 96.7 Å². The van der Waals surface area contributed by atoms with Crippen molar-refractivity contribution in [3.8, 4) is 0 Å². The van der Waals surface area contributed by atoms with E-state index in [9.17, 15) is 0 Å². The van der Waals surface area contributed by atoms with Crippen molar-refractivity contribution in [2.45, 2.75) is 77.4 Å². The maximum atomic E-state index is 5.73. The van der Waals surface area contributed by atoms with Crippen LogP contribution in [0.25, 0.3) is 0 Å². The maximum absolute atomic E-state index is 5.73. The van der Waals surface area contributed by atoms with E-state index in [1.165, 1.54) is 0 Å². The Morgan fingerprint density at radius 3 is 0.867 bits per heavy atom. The molecule has 0 unspecified atom stereocenters. The highest BCUT2D eigenvalue weighted by Gasteiger charge is 2.62. The summed E-state index contributed by atoms with van der Waals surface area (Å²) in [6.45, 7) is 20.3. The molecule has 3 heteroatoms. The summed E-state index contributed by atoms with van der Waals surface area (Å²) in [5.74, 6) is 5.73. The van der Waals surface area contributed by atoms with Crippen LogP contribution in [0.3, 0.4) is 0 Å². The van der Waals surface area contributed by atoms with Crippen LogP contribution in [-0.2, 0) is 4.53 Å². The Morgan fingerprint density at radius 1 is 0.667 bits per heavy atom. The van der Waals surface area contributed by atoms with Crippen molar-refractivity contribution in [3.63, 3.8) is 0 Å². The van der Waals surface area contributed by atoms with Crippen molar-refractivity contribution in [1.29, 1.82) is 0 Å². The largest absolute Gasteiger partial charge is 0.346 e. The summed E-state index contributed by atoms with van der Waals surface area (Å²) in [4.78, 5) is 0. The highest BCUT2D eigenvalue weighted by molar-refractivity contribution is 6.81. The van der Waals surface area contributed by atoms with Gasteiger partial charge in [-0.25, -0.2) is 5.90 Å². The molecule has 0 radical (unpaired) electrons. The fraction of sp³-hybridized carbons (Fsp3) is 1.00. The zero-order valence-corrected chi connectivity index (χ0v) is 13.0. The average molecular weight is 231 g/mol. The van der Waals surface area contributed by atoms with E-state index < -0.39 is 8.32 Å². The van der Waals surface area contributed by atoms with E-state index in [0.29, 0.717) is 0 Å². The monoisotopic (exact) mass is 231 g/mol. The molecule has 0 fully saturated rings. The van der Waals surface area contributed by atoms with Gasteiger partial charge in [0.25, 0.3) is 0 Å². The predicted octanol–water partition coefficient (Wildman–Crippen LogP) is 4.22. The lowest BCUT2D eigenvalue weighted by atomic mass is 10.2. The SMILES string of the molecule is CC(C)(C)[Si](ON)(C(C)(C)C)C(C)(C)C. The molecule has 0 aliphatic heterocycles. The molecule has 2 N–H and O–H groups in total. The van der Waals surface area contributed by atoms with Crippen LogP contribution in [0.4, 0.5) is 0 Å². The first-order chi connectivity index (χ1) is 6.31. The van der Waals surface area contributed by atoms with E-state index in [0.717, 1.165) is 0 Å². The molecule has 0 aliphatic rings. The van der Waals surface area contributed by atoms with Gasteiger partial charge in [-0.2, -0.15) is 0 Å². The standard InChI is InChI=1S/C12H29NOSi/c1-10(2,3)15(14-13,11(4,5)6)12(7,8)9/h13H2,1-9H3. The van der Waals surface area contributed by atoms with Gasteiger partial charge in [0.15, 0.2) is 0 Å². The molecule has 2 nitrogen and oxygen atoms in total. The molecule has 0 spiro atoms.